The average Bonchev–Trinajstić information content (AvgIpc) is 3.13. The summed E-state index contributed by atoms with van der Waals surface area (Å²) in [7, 11) is 0. The molecular formula is C21H20BrClN6O2. The van der Waals surface area contributed by atoms with Crippen LogP contribution in [0.5, 0.6) is 0 Å². The minimum Gasteiger partial charge on any atom is -0.320 e. The second-order valence-corrected chi connectivity index (χ2v) is 7.89. The lowest BCUT2D eigenvalue weighted by Crippen LogP contribution is -2.24. The molecule has 160 valence electrons. The fraction of sp³-hybridized carbons (Fsp3) is 0.190. The van der Waals surface area contributed by atoms with E-state index >= 15 is 0 Å². The van der Waals surface area contributed by atoms with Crippen molar-refractivity contribution >= 4 is 50.7 Å². The Kier molecular flexibility index (Phi) is 7.19. The Bertz CT molecular complexity index is 1170. The van der Waals surface area contributed by atoms with E-state index < -0.39 is 11.8 Å². The van der Waals surface area contributed by atoms with Gasteiger partial charge >= 0.3 is 0 Å². The number of halogens is 2. The van der Waals surface area contributed by atoms with Crippen LogP contribution < -0.4 is 10.7 Å². The molecular weight excluding hydrogens is 484 g/mol. The SMILES string of the molecule is CC/C(C)=N/NC(=O)c1c(C)cccc1NC(=O)c1cc(Br)nn1-c1ncccc1Cl. The highest BCUT2D eigenvalue weighted by molar-refractivity contribution is 9.10. The Balaban J connectivity index is 1.95. The molecule has 0 aliphatic carbocycles. The molecule has 0 saturated carbocycles. The van der Waals surface area contributed by atoms with Crippen molar-refractivity contribution in [3.8, 4) is 5.82 Å². The molecule has 0 atom stereocenters. The largest absolute Gasteiger partial charge is 0.320 e. The molecule has 0 spiro atoms. The summed E-state index contributed by atoms with van der Waals surface area (Å²) in [6.07, 6.45) is 2.27. The standard InChI is InChI=1S/C21H20BrClN6O2/c1-4-13(3)26-27-21(31)18-12(2)7-5-9-15(18)25-20(30)16-11-17(22)28-29(16)19-14(23)8-6-10-24-19/h5-11H,4H2,1-3H3,(H,25,30)(H,27,31)/b26-13+. The summed E-state index contributed by atoms with van der Waals surface area (Å²) in [6.45, 7) is 5.55. The summed E-state index contributed by atoms with van der Waals surface area (Å²) >= 11 is 9.52. The minimum atomic E-state index is -0.479. The van der Waals surface area contributed by atoms with Crippen molar-refractivity contribution in [3.63, 3.8) is 0 Å². The summed E-state index contributed by atoms with van der Waals surface area (Å²) in [4.78, 5) is 30.1. The maximum atomic E-state index is 13.1. The fourth-order valence-corrected chi connectivity index (χ4v) is 3.33. The van der Waals surface area contributed by atoms with E-state index in [1.165, 1.54) is 4.68 Å². The molecule has 0 fully saturated rings. The van der Waals surface area contributed by atoms with Crippen LogP contribution in [0.3, 0.4) is 0 Å². The van der Waals surface area contributed by atoms with E-state index in [1.54, 1.807) is 49.5 Å². The van der Waals surface area contributed by atoms with Crippen LogP contribution in [0.15, 0.2) is 52.3 Å². The topological polar surface area (TPSA) is 101 Å². The zero-order valence-electron chi connectivity index (χ0n) is 17.1. The third kappa shape index (κ3) is 5.18. The Labute approximate surface area is 192 Å². The average molecular weight is 504 g/mol. The summed E-state index contributed by atoms with van der Waals surface area (Å²) < 4.78 is 1.78. The lowest BCUT2D eigenvalue weighted by atomic mass is 10.1. The van der Waals surface area contributed by atoms with Gasteiger partial charge in [0.05, 0.1) is 16.3 Å². The van der Waals surface area contributed by atoms with Crippen LogP contribution in [0.1, 0.15) is 46.7 Å². The molecule has 2 N–H and O–H groups in total. The molecule has 0 radical (unpaired) electrons. The number of aryl methyl sites for hydroxylation is 1. The first kappa shape index (κ1) is 22.6. The fourth-order valence-electron chi connectivity index (χ4n) is 2.75. The highest BCUT2D eigenvalue weighted by Crippen LogP contribution is 2.24. The number of carbonyl (C=O) groups is 2. The molecule has 31 heavy (non-hydrogen) atoms. The molecule has 2 heterocycles. The Morgan fingerprint density at radius 3 is 2.71 bits per heavy atom. The van der Waals surface area contributed by atoms with E-state index in [0.717, 1.165) is 5.71 Å². The van der Waals surface area contributed by atoms with E-state index in [-0.39, 0.29) is 5.69 Å². The van der Waals surface area contributed by atoms with Gasteiger partial charge in [-0.25, -0.2) is 15.1 Å². The van der Waals surface area contributed by atoms with Crippen molar-refractivity contribution in [1.82, 2.24) is 20.2 Å². The molecule has 10 heteroatoms. The molecule has 3 rings (SSSR count). The van der Waals surface area contributed by atoms with Gasteiger partial charge in [0.25, 0.3) is 11.8 Å². The second kappa shape index (κ2) is 9.84. The smallest absolute Gasteiger partial charge is 0.274 e. The van der Waals surface area contributed by atoms with Gasteiger partial charge in [-0.15, -0.1) is 0 Å². The highest BCUT2D eigenvalue weighted by atomic mass is 79.9. The van der Waals surface area contributed by atoms with Crippen molar-refractivity contribution < 1.29 is 9.59 Å². The van der Waals surface area contributed by atoms with Gasteiger partial charge in [-0.05, 0) is 60.0 Å². The van der Waals surface area contributed by atoms with Crippen LogP contribution in [0, 0.1) is 6.92 Å². The molecule has 2 amide bonds. The zero-order chi connectivity index (χ0) is 22.5. The summed E-state index contributed by atoms with van der Waals surface area (Å²) in [6, 6.07) is 10.1. The van der Waals surface area contributed by atoms with Crippen LogP contribution >= 0.6 is 27.5 Å². The van der Waals surface area contributed by atoms with Gasteiger partial charge in [0.15, 0.2) is 5.82 Å². The predicted molar refractivity (Wildman–Crippen MR) is 124 cm³/mol. The van der Waals surface area contributed by atoms with Crippen molar-refractivity contribution in [3.05, 3.63) is 69.0 Å². The number of hydrogen-bond donors (Lipinski definition) is 2. The van der Waals surface area contributed by atoms with Crippen LogP contribution in [0.25, 0.3) is 5.82 Å². The number of benzene rings is 1. The Morgan fingerprint density at radius 1 is 1.23 bits per heavy atom. The first-order valence-corrected chi connectivity index (χ1v) is 10.6. The zero-order valence-corrected chi connectivity index (χ0v) is 19.5. The molecule has 0 bridgehead atoms. The normalized spacial score (nSPS) is 11.3. The van der Waals surface area contributed by atoms with Crippen molar-refractivity contribution in [1.29, 1.82) is 0 Å². The van der Waals surface area contributed by atoms with E-state index in [9.17, 15) is 9.59 Å². The summed E-state index contributed by atoms with van der Waals surface area (Å²) in [5.74, 6) is -0.580. The lowest BCUT2D eigenvalue weighted by molar-refractivity contribution is 0.0955. The molecule has 2 aromatic heterocycles. The van der Waals surface area contributed by atoms with Crippen molar-refractivity contribution in [2.24, 2.45) is 5.10 Å². The molecule has 3 aromatic rings. The van der Waals surface area contributed by atoms with Crippen LogP contribution in [0.4, 0.5) is 5.69 Å². The first-order chi connectivity index (χ1) is 14.8. The van der Waals surface area contributed by atoms with Gasteiger partial charge in [0.1, 0.15) is 10.3 Å². The van der Waals surface area contributed by atoms with Gasteiger partial charge in [0.2, 0.25) is 0 Å². The van der Waals surface area contributed by atoms with Crippen LogP contribution in [-0.2, 0) is 0 Å². The minimum absolute atomic E-state index is 0.195. The summed E-state index contributed by atoms with van der Waals surface area (Å²) in [5.41, 5.74) is 4.89. The number of carbonyl (C=O) groups excluding carboxylic acids is 2. The number of hydrogen-bond acceptors (Lipinski definition) is 5. The Morgan fingerprint density at radius 2 is 2.00 bits per heavy atom. The third-order valence-corrected chi connectivity index (χ3v) is 5.14. The van der Waals surface area contributed by atoms with Crippen LogP contribution in [0.2, 0.25) is 5.02 Å². The predicted octanol–water partition coefficient (Wildman–Crippen LogP) is 4.76. The van der Waals surface area contributed by atoms with Gasteiger partial charge in [0, 0.05) is 18.0 Å². The first-order valence-electron chi connectivity index (χ1n) is 9.42. The lowest BCUT2D eigenvalue weighted by Gasteiger charge is -2.13. The maximum absolute atomic E-state index is 13.1. The van der Waals surface area contributed by atoms with Gasteiger partial charge in [-0.3, -0.25) is 9.59 Å². The van der Waals surface area contributed by atoms with Gasteiger partial charge in [-0.1, -0.05) is 30.7 Å². The second-order valence-electron chi connectivity index (χ2n) is 6.67. The third-order valence-electron chi connectivity index (χ3n) is 4.46. The van der Waals surface area contributed by atoms with Crippen molar-refractivity contribution in [2.45, 2.75) is 27.2 Å². The van der Waals surface area contributed by atoms with Crippen molar-refractivity contribution in [2.75, 3.05) is 5.32 Å². The monoisotopic (exact) mass is 502 g/mol. The maximum Gasteiger partial charge on any atom is 0.274 e. The molecule has 0 saturated heterocycles. The van der Waals surface area contributed by atoms with Gasteiger partial charge in [-0.2, -0.15) is 10.2 Å². The Hall–Kier alpha value is -3.04. The number of rotatable bonds is 6. The quantitative estimate of drug-likeness (QED) is 0.374. The van der Waals surface area contributed by atoms with Crippen LogP contribution in [-0.4, -0.2) is 32.3 Å². The number of nitrogens with zero attached hydrogens (tertiary/aromatic N) is 4. The van der Waals surface area contributed by atoms with E-state index in [1.807, 2.05) is 13.8 Å². The number of pyridine rings is 1. The molecule has 1 aromatic carbocycles. The summed E-state index contributed by atoms with van der Waals surface area (Å²) in [5, 5.41) is 11.5. The number of anilines is 1. The van der Waals surface area contributed by atoms with Gasteiger partial charge < -0.3 is 5.32 Å². The van der Waals surface area contributed by atoms with E-state index in [0.29, 0.717) is 38.7 Å². The number of amides is 2. The highest BCUT2D eigenvalue weighted by Gasteiger charge is 2.21. The van der Waals surface area contributed by atoms with E-state index in [4.69, 9.17) is 11.6 Å². The number of nitrogens with one attached hydrogen (secondary N) is 2. The number of hydrazone groups is 1. The molecule has 0 aliphatic heterocycles. The molecule has 8 nitrogen and oxygen atoms in total. The molecule has 0 unspecified atom stereocenters. The number of aromatic nitrogens is 3. The van der Waals surface area contributed by atoms with E-state index in [2.05, 4.69) is 41.9 Å². The molecule has 0 aliphatic rings.